The van der Waals surface area contributed by atoms with Crippen LogP contribution in [0.15, 0.2) is 71.6 Å². The van der Waals surface area contributed by atoms with Crippen LogP contribution in [0.2, 0.25) is 0 Å². The highest BCUT2D eigenvalue weighted by Gasteiger charge is 2.31. The van der Waals surface area contributed by atoms with Gasteiger partial charge in [-0.15, -0.1) is 0 Å². The van der Waals surface area contributed by atoms with Crippen LogP contribution in [0, 0.1) is 6.92 Å². The first kappa shape index (κ1) is 17.9. The minimum absolute atomic E-state index is 0.181. The van der Waals surface area contributed by atoms with Crippen molar-refractivity contribution < 1.29 is 13.2 Å². The lowest BCUT2D eigenvalue weighted by atomic mass is 10.1. The van der Waals surface area contributed by atoms with E-state index in [1.165, 1.54) is 0 Å². The number of hydrogen-bond donors (Lipinski definition) is 0. The Morgan fingerprint density at radius 1 is 1.04 bits per heavy atom. The second-order valence-electron chi connectivity index (χ2n) is 6.25. The lowest BCUT2D eigenvalue weighted by molar-refractivity contribution is 0.0784. The molecule has 0 saturated heterocycles. The fourth-order valence-corrected chi connectivity index (χ4v) is 4.45. The molecule has 3 rings (SSSR count). The fraction of sp³-hybridized carbons (Fsp3) is 0.300. The number of nitrogens with zero attached hydrogens (tertiary/aromatic N) is 1. The summed E-state index contributed by atoms with van der Waals surface area (Å²) in [5, 5.41) is 0. The Hall–Kier alpha value is -1.95. The molecule has 132 valence electrons. The Kier molecular flexibility index (Phi) is 5.68. The maximum atomic E-state index is 13.0. The van der Waals surface area contributed by atoms with Gasteiger partial charge >= 0.3 is 0 Å². The molecule has 1 aliphatic heterocycles. The third-order valence-electron chi connectivity index (χ3n) is 4.32. The first-order valence-electron chi connectivity index (χ1n) is 8.42. The highest BCUT2D eigenvalue weighted by Crippen LogP contribution is 2.23. The third kappa shape index (κ3) is 4.37. The Morgan fingerprint density at radius 2 is 1.76 bits per heavy atom. The van der Waals surface area contributed by atoms with Crippen LogP contribution in [0.1, 0.15) is 17.5 Å². The standard InChI is InChI=1S/C20H23NO3S/c1-17-10-12-20(13-11-17)25(22,23)21-14-6-5-9-19(21)16-24-15-18-7-3-2-4-8-18/h2-8,10-13,19H,9,14-16H2,1H3/t19-/m0/s1. The number of benzene rings is 2. The molecule has 2 aromatic carbocycles. The van der Waals surface area contributed by atoms with Crippen molar-refractivity contribution >= 4 is 10.0 Å². The van der Waals surface area contributed by atoms with Gasteiger partial charge in [-0.2, -0.15) is 4.31 Å². The molecular formula is C20H23NO3S. The van der Waals surface area contributed by atoms with Crippen LogP contribution in [0.25, 0.3) is 0 Å². The lowest BCUT2D eigenvalue weighted by Gasteiger charge is -2.31. The molecule has 0 spiro atoms. The first-order chi connectivity index (χ1) is 12.1. The van der Waals surface area contributed by atoms with Gasteiger partial charge in [0.15, 0.2) is 0 Å². The van der Waals surface area contributed by atoms with Crippen LogP contribution < -0.4 is 0 Å². The van der Waals surface area contributed by atoms with Gasteiger partial charge < -0.3 is 4.74 Å². The summed E-state index contributed by atoms with van der Waals surface area (Å²) in [7, 11) is -3.52. The van der Waals surface area contributed by atoms with Gasteiger partial charge in [0.1, 0.15) is 0 Å². The first-order valence-corrected chi connectivity index (χ1v) is 9.86. The summed E-state index contributed by atoms with van der Waals surface area (Å²) in [6.45, 7) is 3.19. The van der Waals surface area contributed by atoms with Crippen molar-refractivity contribution in [2.45, 2.75) is 30.9 Å². The van der Waals surface area contributed by atoms with Gasteiger partial charge in [-0.25, -0.2) is 8.42 Å². The quantitative estimate of drug-likeness (QED) is 0.743. The van der Waals surface area contributed by atoms with Crippen LogP contribution in [-0.2, 0) is 21.4 Å². The van der Waals surface area contributed by atoms with Gasteiger partial charge in [0, 0.05) is 6.54 Å². The van der Waals surface area contributed by atoms with Crippen LogP contribution in [-0.4, -0.2) is 31.9 Å². The van der Waals surface area contributed by atoms with Crippen molar-refractivity contribution in [1.82, 2.24) is 4.31 Å². The highest BCUT2D eigenvalue weighted by atomic mass is 32.2. The molecule has 5 heteroatoms. The molecule has 0 aliphatic carbocycles. The molecule has 1 atom stereocenters. The molecule has 4 nitrogen and oxygen atoms in total. The minimum Gasteiger partial charge on any atom is -0.375 e. The Morgan fingerprint density at radius 3 is 2.48 bits per heavy atom. The maximum absolute atomic E-state index is 13.0. The highest BCUT2D eigenvalue weighted by molar-refractivity contribution is 7.89. The molecule has 0 unspecified atom stereocenters. The summed E-state index contributed by atoms with van der Waals surface area (Å²) in [6.07, 6.45) is 4.59. The number of rotatable bonds is 6. The van der Waals surface area contributed by atoms with E-state index >= 15 is 0 Å². The monoisotopic (exact) mass is 357 g/mol. The Labute approximate surface area is 149 Å². The fourth-order valence-electron chi connectivity index (χ4n) is 2.88. The van der Waals surface area contributed by atoms with Crippen molar-refractivity contribution in [3.63, 3.8) is 0 Å². The molecule has 0 saturated carbocycles. The van der Waals surface area contributed by atoms with Crippen molar-refractivity contribution in [3.05, 3.63) is 77.9 Å². The van der Waals surface area contributed by atoms with E-state index in [9.17, 15) is 8.42 Å². The predicted octanol–water partition coefficient (Wildman–Crippen LogP) is 3.53. The topological polar surface area (TPSA) is 46.6 Å². The molecule has 0 fully saturated rings. The minimum atomic E-state index is -3.52. The van der Waals surface area contributed by atoms with Gasteiger partial charge in [0.2, 0.25) is 10.0 Å². The molecule has 0 amide bonds. The Bertz CT molecular complexity index is 814. The number of aryl methyl sites for hydroxylation is 1. The van der Waals surface area contributed by atoms with Crippen molar-refractivity contribution in [2.75, 3.05) is 13.2 Å². The van der Waals surface area contributed by atoms with E-state index in [1.807, 2.05) is 61.5 Å². The number of hydrogen-bond acceptors (Lipinski definition) is 3. The van der Waals surface area contributed by atoms with Crippen LogP contribution >= 0.6 is 0 Å². The third-order valence-corrected chi connectivity index (χ3v) is 6.25. The molecule has 2 aromatic rings. The zero-order valence-electron chi connectivity index (χ0n) is 14.3. The SMILES string of the molecule is Cc1ccc(S(=O)(=O)N2CC=CC[C@H]2COCc2ccccc2)cc1. The van der Waals surface area contributed by atoms with Crippen molar-refractivity contribution in [2.24, 2.45) is 0 Å². The van der Waals surface area contributed by atoms with Crippen molar-refractivity contribution in [1.29, 1.82) is 0 Å². The van der Waals surface area contributed by atoms with Gasteiger partial charge in [0.25, 0.3) is 0 Å². The maximum Gasteiger partial charge on any atom is 0.243 e. The molecule has 0 radical (unpaired) electrons. The normalized spacial score (nSPS) is 18.4. The summed E-state index contributed by atoms with van der Waals surface area (Å²) in [4.78, 5) is 0.335. The second-order valence-corrected chi connectivity index (χ2v) is 8.14. The summed E-state index contributed by atoms with van der Waals surface area (Å²) in [6, 6.07) is 16.7. The van der Waals surface area contributed by atoms with E-state index in [2.05, 4.69) is 0 Å². The average molecular weight is 357 g/mol. The van der Waals surface area contributed by atoms with Crippen LogP contribution in [0.3, 0.4) is 0 Å². The summed E-state index contributed by atoms with van der Waals surface area (Å²) >= 11 is 0. The van der Waals surface area contributed by atoms with E-state index in [1.54, 1.807) is 16.4 Å². The van der Waals surface area contributed by atoms with Gasteiger partial charge in [-0.05, 0) is 31.0 Å². The van der Waals surface area contributed by atoms with E-state index in [0.717, 1.165) is 11.1 Å². The molecular weight excluding hydrogens is 334 g/mol. The largest absolute Gasteiger partial charge is 0.375 e. The summed E-state index contributed by atoms with van der Waals surface area (Å²) in [5.41, 5.74) is 2.13. The van der Waals surface area contributed by atoms with Crippen molar-refractivity contribution in [3.8, 4) is 0 Å². The average Bonchev–Trinajstić information content (AvgIpc) is 2.63. The molecule has 0 aromatic heterocycles. The molecule has 1 heterocycles. The smallest absolute Gasteiger partial charge is 0.243 e. The zero-order chi connectivity index (χ0) is 17.7. The molecule has 0 bridgehead atoms. The van der Waals surface area contributed by atoms with E-state index < -0.39 is 10.0 Å². The van der Waals surface area contributed by atoms with Gasteiger partial charge in [-0.3, -0.25) is 0 Å². The molecule has 1 aliphatic rings. The molecule has 25 heavy (non-hydrogen) atoms. The number of ether oxygens (including phenoxy) is 1. The predicted molar refractivity (Wildman–Crippen MR) is 98.7 cm³/mol. The van der Waals surface area contributed by atoms with E-state index in [4.69, 9.17) is 4.74 Å². The number of sulfonamides is 1. The Balaban J connectivity index is 1.70. The van der Waals surface area contributed by atoms with E-state index in [0.29, 0.717) is 31.1 Å². The summed E-state index contributed by atoms with van der Waals surface area (Å²) in [5.74, 6) is 0. The van der Waals surface area contributed by atoms with E-state index in [-0.39, 0.29) is 6.04 Å². The molecule has 0 N–H and O–H groups in total. The van der Waals surface area contributed by atoms with Crippen LogP contribution in [0.4, 0.5) is 0 Å². The summed E-state index contributed by atoms with van der Waals surface area (Å²) < 4.78 is 33.3. The van der Waals surface area contributed by atoms with Gasteiger partial charge in [0.05, 0.1) is 24.2 Å². The lowest BCUT2D eigenvalue weighted by Crippen LogP contribution is -2.44. The van der Waals surface area contributed by atoms with Crippen LogP contribution in [0.5, 0.6) is 0 Å². The second kappa shape index (κ2) is 7.95. The zero-order valence-corrected chi connectivity index (χ0v) is 15.2. The van der Waals surface area contributed by atoms with Gasteiger partial charge in [-0.1, -0.05) is 60.2 Å².